The van der Waals surface area contributed by atoms with Gasteiger partial charge >= 0.3 is 0 Å². The van der Waals surface area contributed by atoms with Crippen molar-refractivity contribution in [1.82, 2.24) is 5.43 Å². The van der Waals surface area contributed by atoms with Crippen molar-refractivity contribution in [2.24, 2.45) is 5.84 Å². The van der Waals surface area contributed by atoms with E-state index in [1.165, 1.54) is 24.5 Å². The fourth-order valence-corrected chi connectivity index (χ4v) is 1.69. The van der Waals surface area contributed by atoms with Gasteiger partial charge in [-0.1, -0.05) is 11.6 Å². The Hall–Kier alpha value is -2.05. The molecule has 1 aromatic carbocycles. The number of hydrogen-bond donors (Lipinski definition) is 2. The van der Waals surface area contributed by atoms with Crippen LogP contribution in [0.3, 0.4) is 0 Å². The van der Waals surface area contributed by atoms with Crippen molar-refractivity contribution < 1.29 is 18.3 Å². The fourth-order valence-electron chi connectivity index (χ4n) is 1.47. The molecular weight excluding hydrogens is 275 g/mol. The summed E-state index contributed by atoms with van der Waals surface area (Å²) in [7, 11) is 0. The van der Waals surface area contributed by atoms with Crippen LogP contribution in [0.5, 0.6) is 5.75 Å². The minimum absolute atomic E-state index is 0.0267. The molecule has 7 heteroatoms. The Bertz CT molecular complexity index is 600. The third-order valence-corrected chi connectivity index (χ3v) is 2.67. The van der Waals surface area contributed by atoms with Crippen molar-refractivity contribution in [3.8, 4) is 5.75 Å². The molecule has 0 radical (unpaired) electrons. The summed E-state index contributed by atoms with van der Waals surface area (Å²) in [4.78, 5) is 11.4. The summed E-state index contributed by atoms with van der Waals surface area (Å²) in [6.45, 7) is -0.0267. The molecule has 3 N–H and O–H groups in total. The number of nitrogens with two attached hydrogens (primary N) is 1. The molecule has 2 aromatic rings. The lowest BCUT2D eigenvalue weighted by atomic mass is 10.2. The zero-order valence-electron chi connectivity index (χ0n) is 9.65. The molecule has 0 fully saturated rings. The van der Waals surface area contributed by atoms with Crippen LogP contribution in [0.4, 0.5) is 4.39 Å². The van der Waals surface area contributed by atoms with E-state index in [9.17, 15) is 9.18 Å². The van der Waals surface area contributed by atoms with Gasteiger partial charge in [0.1, 0.15) is 18.2 Å². The predicted octanol–water partition coefficient (Wildman–Crippen LogP) is 2.25. The normalized spacial score (nSPS) is 10.3. The summed E-state index contributed by atoms with van der Waals surface area (Å²) in [5.41, 5.74) is 2.26. The van der Waals surface area contributed by atoms with Crippen molar-refractivity contribution in [3.05, 3.63) is 52.7 Å². The number of rotatable bonds is 4. The zero-order valence-corrected chi connectivity index (χ0v) is 10.4. The van der Waals surface area contributed by atoms with E-state index in [-0.39, 0.29) is 17.2 Å². The monoisotopic (exact) mass is 284 g/mol. The van der Waals surface area contributed by atoms with Crippen LogP contribution < -0.4 is 16.0 Å². The second-order valence-electron chi connectivity index (χ2n) is 3.59. The van der Waals surface area contributed by atoms with Gasteiger partial charge in [0.15, 0.2) is 5.76 Å². The van der Waals surface area contributed by atoms with Gasteiger partial charge in [-0.2, -0.15) is 0 Å². The standard InChI is InChI=1S/C12H10ClFN2O3/c13-9-5-7(14)1-2-10(9)19-6-11-8(3-4-18-11)12(17)16-15/h1-5H,6,15H2,(H,16,17). The lowest BCUT2D eigenvalue weighted by molar-refractivity contribution is 0.0949. The quantitative estimate of drug-likeness (QED) is 0.513. The molecule has 0 aliphatic rings. The molecule has 0 atom stereocenters. The van der Waals surface area contributed by atoms with E-state index in [1.807, 2.05) is 5.43 Å². The van der Waals surface area contributed by atoms with Crippen LogP contribution in [0.25, 0.3) is 0 Å². The number of hydrogen-bond acceptors (Lipinski definition) is 4. The summed E-state index contributed by atoms with van der Waals surface area (Å²) in [6.07, 6.45) is 1.34. The smallest absolute Gasteiger partial charge is 0.268 e. The molecule has 0 aliphatic heterocycles. The third-order valence-electron chi connectivity index (χ3n) is 2.37. The summed E-state index contributed by atoms with van der Waals surface area (Å²) >= 11 is 5.80. The van der Waals surface area contributed by atoms with Crippen LogP contribution in [0.2, 0.25) is 5.02 Å². The molecule has 0 saturated heterocycles. The number of benzene rings is 1. The van der Waals surface area contributed by atoms with Crippen LogP contribution in [0.1, 0.15) is 16.1 Å². The van der Waals surface area contributed by atoms with E-state index in [1.54, 1.807) is 0 Å². The van der Waals surface area contributed by atoms with Crippen molar-refractivity contribution >= 4 is 17.5 Å². The minimum Gasteiger partial charge on any atom is -0.484 e. The van der Waals surface area contributed by atoms with E-state index in [0.717, 1.165) is 6.07 Å². The van der Waals surface area contributed by atoms with Gasteiger partial charge in [0.25, 0.3) is 5.91 Å². The highest BCUT2D eigenvalue weighted by Gasteiger charge is 2.14. The Morgan fingerprint density at radius 3 is 2.95 bits per heavy atom. The molecule has 0 aliphatic carbocycles. The molecule has 1 amide bonds. The van der Waals surface area contributed by atoms with Gasteiger partial charge in [-0.15, -0.1) is 0 Å². The molecule has 100 valence electrons. The topological polar surface area (TPSA) is 77.5 Å². The lowest BCUT2D eigenvalue weighted by Crippen LogP contribution is -2.30. The lowest BCUT2D eigenvalue weighted by Gasteiger charge is -2.07. The number of carbonyl (C=O) groups is 1. The Morgan fingerprint density at radius 1 is 1.47 bits per heavy atom. The fraction of sp³-hybridized carbons (Fsp3) is 0.0833. The number of hydrazine groups is 1. The zero-order chi connectivity index (χ0) is 13.8. The molecule has 1 aromatic heterocycles. The Kier molecular flexibility index (Phi) is 4.03. The second-order valence-corrected chi connectivity index (χ2v) is 4.00. The van der Waals surface area contributed by atoms with Crippen molar-refractivity contribution in [3.63, 3.8) is 0 Å². The van der Waals surface area contributed by atoms with Crippen molar-refractivity contribution in [2.45, 2.75) is 6.61 Å². The number of nitrogen functional groups attached to an aromatic ring is 1. The molecule has 1 heterocycles. The molecule has 19 heavy (non-hydrogen) atoms. The number of carbonyl (C=O) groups excluding carboxylic acids is 1. The van der Waals surface area contributed by atoms with Gasteiger partial charge in [-0.05, 0) is 24.3 Å². The summed E-state index contributed by atoms with van der Waals surface area (Å²) in [5.74, 6) is 4.67. The maximum Gasteiger partial charge on any atom is 0.268 e. The molecule has 0 saturated carbocycles. The molecule has 0 bridgehead atoms. The van der Waals surface area contributed by atoms with E-state index < -0.39 is 11.7 Å². The SMILES string of the molecule is NNC(=O)c1ccoc1COc1ccc(F)cc1Cl. The molecule has 0 unspecified atom stereocenters. The van der Waals surface area contributed by atoms with Crippen molar-refractivity contribution in [2.75, 3.05) is 0 Å². The van der Waals surface area contributed by atoms with E-state index in [2.05, 4.69) is 0 Å². The average Bonchev–Trinajstić information content (AvgIpc) is 2.85. The van der Waals surface area contributed by atoms with Gasteiger partial charge in [0, 0.05) is 0 Å². The molecule has 0 spiro atoms. The van der Waals surface area contributed by atoms with Gasteiger partial charge in [-0.25, -0.2) is 10.2 Å². The maximum atomic E-state index is 12.9. The first kappa shape index (κ1) is 13.4. The van der Waals surface area contributed by atoms with Crippen LogP contribution in [-0.2, 0) is 6.61 Å². The van der Waals surface area contributed by atoms with Crippen LogP contribution in [0.15, 0.2) is 34.9 Å². The number of nitrogens with one attached hydrogen (secondary N) is 1. The molecular formula is C12H10ClFN2O3. The van der Waals surface area contributed by atoms with E-state index in [4.69, 9.17) is 26.6 Å². The van der Waals surface area contributed by atoms with E-state index in [0.29, 0.717) is 11.5 Å². The predicted molar refractivity (Wildman–Crippen MR) is 66.1 cm³/mol. The highest BCUT2D eigenvalue weighted by atomic mass is 35.5. The summed E-state index contributed by atoms with van der Waals surface area (Å²) < 4.78 is 23.3. The number of amides is 1. The first-order valence-corrected chi connectivity index (χ1v) is 5.64. The highest BCUT2D eigenvalue weighted by Crippen LogP contribution is 2.26. The summed E-state index contributed by atoms with van der Waals surface area (Å²) in [6, 6.07) is 5.21. The first-order chi connectivity index (χ1) is 9.11. The Balaban J connectivity index is 2.10. The summed E-state index contributed by atoms with van der Waals surface area (Å²) in [5, 5.41) is 0.136. The highest BCUT2D eigenvalue weighted by molar-refractivity contribution is 6.32. The van der Waals surface area contributed by atoms with Gasteiger partial charge in [0.2, 0.25) is 0 Å². The largest absolute Gasteiger partial charge is 0.484 e. The van der Waals surface area contributed by atoms with Crippen molar-refractivity contribution in [1.29, 1.82) is 0 Å². The second kappa shape index (κ2) is 5.73. The van der Waals surface area contributed by atoms with Gasteiger partial charge < -0.3 is 9.15 Å². The third kappa shape index (κ3) is 3.04. The van der Waals surface area contributed by atoms with Gasteiger partial charge in [-0.3, -0.25) is 10.2 Å². The van der Waals surface area contributed by atoms with E-state index >= 15 is 0 Å². The molecule has 5 nitrogen and oxygen atoms in total. The average molecular weight is 285 g/mol. The Morgan fingerprint density at radius 2 is 2.26 bits per heavy atom. The Labute approximate surface area is 113 Å². The number of halogens is 2. The van der Waals surface area contributed by atoms with Crippen LogP contribution >= 0.6 is 11.6 Å². The van der Waals surface area contributed by atoms with Gasteiger partial charge in [0.05, 0.1) is 16.8 Å². The minimum atomic E-state index is -0.488. The van der Waals surface area contributed by atoms with Crippen LogP contribution in [0, 0.1) is 5.82 Å². The first-order valence-electron chi connectivity index (χ1n) is 5.27. The molecule has 2 rings (SSSR count). The van der Waals surface area contributed by atoms with Crippen LogP contribution in [-0.4, -0.2) is 5.91 Å². The number of furan rings is 1. The number of ether oxygens (including phenoxy) is 1. The maximum absolute atomic E-state index is 12.9.